The molecule has 1 atom stereocenters. The number of ether oxygens (including phenoxy) is 2. The molecule has 1 aliphatic rings. The fourth-order valence-corrected chi connectivity index (χ4v) is 4.36. The first-order chi connectivity index (χ1) is 20.0. The van der Waals surface area contributed by atoms with Crippen LogP contribution in [0.25, 0.3) is 10.9 Å². The summed E-state index contributed by atoms with van der Waals surface area (Å²) in [5, 5.41) is 1.06. The first kappa shape index (κ1) is 37.6. The molecule has 0 bridgehead atoms. The molecule has 6 nitrogen and oxygen atoms in total. The number of anilines is 1. The van der Waals surface area contributed by atoms with Crippen LogP contribution in [0.5, 0.6) is 5.75 Å². The normalized spacial score (nSPS) is 12.8. The standard InChI is InChI=1S/C21H21NO3.C10H9NO.C4H7.BrH.Mg/c1-2-3-11-17-14-20(23)18-12-7-8-13-19(18)22(17)21(24)25-15-16-9-5-4-6-10-16;1-12-10-6-7-11-9-5-3-2-4-8(9)10;1-3-4-2;;/h2,4-10,12-13,17H,1,3,11,14-15H2;2-7H,1H3;3H,1-2,4H2;1H;/q;;-1;;+2/p-1. The van der Waals surface area contributed by atoms with Crippen LogP contribution in [0.15, 0.2) is 116 Å². The van der Waals surface area contributed by atoms with Gasteiger partial charge in [-0.2, -0.15) is 6.42 Å². The molecule has 220 valence electrons. The van der Waals surface area contributed by atoms with E-state index in [1.54, 1.807) is 42.5 Å². The summed E-state index contributed by atoms with van der Waals surface area (Å²) in [5.41, 5.74) is 3.11. The molecule has 0 aliphatic carbocycles. The number of amides is 1. The molecule has 0 spiro atoms. The Kier molecular flexibility index (Phi) is 17.9. The Morgan fingerprint density at radius 2 is 1.65 bits per heavy atom. The van der Waals surface area contributed by atoms with Crippen molar-refractivity contribution in [3.63, 3.8) is 0 Å². The van der Waals surface area contributed by atoms with Crippen molar-refractivity contribution in [2.75, 3.05) is 12.0 Å². The summed E-state index contributed by atoms with van der Waals surface area (Å²) >= 11 is 0. The van der Waals surface area contributed by atoms with E-state index in [9.17, 15) is 9.59 Å². The smallest absolute Gasteiger partial charge is 1.00 e. The van der Waals surface area contributed by atoms with Gasteiger partial charge in [0.05, 0.1) is 18.3 Å². The van der Waals surface area contributed by atoms with E-state index in [-0.39, 0.29) is 58.5 Å². The zero-order chi connectivity index (χ0) is 29.5. The van der Waals surface area contributed by atoms with E-state index in [0.717, 1.165) is 35.1 Å². The van der Waals surface area contributed by atoms with Gasteiger partial charge in [-0.05, 0) is 48.7 Å². The summed E-state index contributed by atoms with van der Waals surface area (Å²) in [6.45, 7) is 10.8. The number of aromatic nitrogens is 1. The van der Waals surface area contributed by atoms with Crippen molar-refractivity contribution in [3.8, 4) is 5.75 Å². The molecule has 4 aromatic rings. The monoisotopic (exact) mass is 652 g/mol. The number of halogens is 1. The first-order valence-electron chi connectivity index (χ1n) is 13.5. The van der Waals surface area contributed by atoms with Crippen LogP contribution in [-0.2, 0) is 11.3 Å². The van der Waals surface area contributed by atoms with Gasteiger partial charge in [-0.15, -0.1) is 19.2 Å². The SMILES string of the molecule is C=CCCC1CC(=O)c2ccccc2N1C(=O)OCc1ccccc1.C=CC[CH2-].COc1ccnc2ccccc12.[Br-].[Mg+2]. The fraction of sp³-hybridized carbons (Fsp3) is 0.200. The largest absolute Gasteiger partial charge is 2.00 e. The summed E-state index contributed by atoms with van der Waals surface area (Å²) in [6, 6.07) is 26.3. The second kappa shape index (κ2) is 20.4. The number of fused-ring (bicyclic) bond motifs is 2. The molecule has 2 heterocycles. The number of hydrogen-bond donors (Lipinski definition) is 0. The summed E-state index contributed by atoms with van der Waals surface area (Å²) in [6.07, 6.45) is 7.47. The number of Topliss-reactive ketones (excluding diaryl/α,β-unsaturated/α-hetero) is 1. The van der Waals surface area contributed by atoms with Crippen molar-refractivity contribution in [2.24, 2.45) is 0 Å². The minimum Gasteiger partial charge on any atom is -1.00 e. The Hall–Kier alpha value is -3.46. The molecule has 8 heteroatoms. The number of carbonyl (C=O) groups excluding carboxylic acids is 2. The second-order valence-corrected chi connectivity index (χ2v) is 9.18. The van der Waals surface area contributed by atoms with E-state index >= 15 is 0 Å². The number of rotatable bonds is 7. The molecule has 5 rings (SSSR count). The van der Waals surface area contributed by atoms with E-state index in [0.29, 0.717) is 24.1 Å². The predicted octanol–water partition coefficient (Wildman–Crippen LogP) is 5.01. The average molecular weight is 654 g/mol. The average Bonchev–Trinajstić information content (AvgIpc) is 3.03. The van der Waals surface area contributed by atoms with Crippen LogP contribution < -0.4 is 26.6 Å². The van der Waals surface area contributed by atoms with E-state index in [1.807, 2.05) is 72.8 Å². The van der Waals surface area contributed by atoms with Crippen LogP contribution in [0.2, 0.25) is 0 Å². The molecule has 1 aliphatic heterocycles. The van der Waals surface area contributed by atoms with E-state index in [1.165, 1.54) is 0 Å². The van der Waals surface area contributed by atoms with E-state index in [4.69, 9.17) is 9.47 Å². The van der Waals surface area contributed by atoms with Crippen molar-refractivity contribution < 1.29 is 36.0 Å². The molecule has 0 radical (unpaired) electrons. The molecular formula is C35H37BrMgN2O4. The number of pyridine rings is 1. The van der Waals surface area contributed by atoms with Gasteiger partial charge in [0, 0.05) is 29.6 Å². The molecule has 0 saturated carbocycles. The van der Waals surface area contributed by atoms with Crippen LogP contribution in [0.4, 0.5) is 10.5 Å². The number of carbonyl (C=O) groups is 2. The fourth-order valence-electron chi connectivity index (χ4n) is 4.36. The Morgan fingerprint density at radius 3 is 2.33 bits per heavy atom. The molecule has 1 amide bonds. The zero-order valence-electron chi connectivity index (χ0n) is 24.7. The quantitative estimate of drug-likeness (QED) is 0.159. The molecule has 0 saturated heterocycles. The first-order valence-corrected chi connectivity index (χ1v) is 13.5. The second-order valence-electron chi connectivity index (χ2n) is 9.18. The maximum absolute atomic E-state index is 12.8. The van der Waals surface area contributed by atoms with Gasteiger partial charge in [-0.3, -0.25) is 14.7 Å². The van der Waals surface area contributed by atoms with Crippen LogP contribution in [-0.4, -0.2) is 53.1 Å². The Labute approximate surface area is 281 Å². The van der Waals surface area contributed by atoms with Crippen LogP contribution in [0, 0.1) is 6.92 Å². The number of methoxy groups -OCH3 is 1. The number of nitrogens with zero attached hydrogens (tertiary/aromatic N) is 2. The predicted molar refractivity (Wildman–Crippen MR) is 172 cm³/mol. The number of benzene rings is 3. The third kappa shape index (κ3) is 11.0. The Balaban J connectivity index is 0.000000429. The van der Waals surface area contributed by atoms with Gasteiger partial charge >= 0.3 is 29.1 Å². The van der Waals surface area contributed by atoms with Gasteiger partial charge < -0.3 is 33.4 Å². The Morgan fingerprint density at radius 1 is 1.00 bits per heavy atom. The summed E-state index contributed by atoms with van der Waals surface area (Å²) in [4.78, 5) is 31.0. The topological polar surface area (TPSA) is 68.7 Å². The minimum atomic E-state index is -0.419. The summed E-state index contributed by atoms with van der Waals surface area (Å²) in [7, 11) is 1.67. The molecule has 1 aromatic heterocycles. The third-order valence-electron chi connectivity index (χ3n) is 6.39. The number of allylic oxidation sites excluding steroid dienone is 2. The van der Waals surface area contributed by atoms with Crippen molar-refractivity contribution in [1.82, 2.24) is 4.98 Å². The van der Waals surface area contributed by atoms with Crippen molar-refractivity contribution in [1.29, 1.82) is 0 Å². The van der Waals surface area contributed by atoms with Crippen LogP contribution >= 0.6 is 0 Å². The minimum absolute atomic E-state index is 0. The van der Waals surface area contributed by atoms with Crippen molar-refractivity contribution in [2.45, 2.75) is 38.3 Å². The third-order valence-corrected chi connectivity index (χ3v) is 6.39. The van der Waals surface area contributed by atoms with Gasteiger partial charge in [0.25, 0.3) is 0 Å². The van der Waals surface area contributed by atoms with Crippen molar-refractivity contribution >= 4 is 51.5 Å². The maximum atomic E-state index is 12.8. The molecule has 1 unspecified atom stereocenters. The Bertz CT molecular complexity index is 1440. The van der Waals surface area contributed by atoms with Gasteiger partial charge in [0.15, 0.2) is 5.78 Å². The summed E-state index contributed by atoms with van der Waals surface area (Å²) in [5.74, 6) is 0.942. The van der Waals surface area contributed by atoms with E-state index in [2.05, 4.69) is 25.1 Å². The van der Waals surface area contributed by atoms with Gasteiger partial charge in [0.1, 0.15) is 12.4 Å². The van der Waals surface area contributed by atoms with Gasteiger partial charge in [-0.1, -0.05) is 60.7 Å². The molecule has 0 fully saturated rings. The molecular weight excluding hydrogens is 617 g/mol. The van der Waals surface area contributed by atoms with Crippen molar-refractivity contribution in [3.05, 3.63) is 134 Å². The maximum Gasteiger partial charge on any atom is 2.00 e. The van der Waals surface area contributed by atoms with Gasteiger partial charge in [0.2, 0.25) is 0 Å². The number of hydrogen-bond acceptors (Lipinski definition) is 5. The molecule has 43 heavy (non-hydrogen) atoms. The molecule has 3 aromatic carbocycles. The number of para-hydroxylation sites is 2. The molecule has 0 N–H and O–H groups in total. The van der Waals surface area contributed by atoms with Crippen LogP contribution in [0.1, 0.15) is 41.6 Å². The summed E-state index contributed by atoms with van der Waals surface area (Å²) < 4.78 is 10.7. The van der Waals surface area contributed by atoms with Crippen LogP contribution in [0.3, 0.4) is 0 Å². The zero-order valence-corrected chi connectivity index (χ0v) is 27.7. The number of ketones is 1. The van der Waals surface area contributed by atoms with Gasteiger partial charge in [-0.25, -0.2) is 4.79 Å². The van der Waals surface area contributed by atoms with E-state index < -0.39 is 6.09 Å².